The fraction of sp³-hybridized carbons (Fsp3) is 0.467. The van der Waals surface area contributed by atoms with Crippen molar-refractivity contribution >= 4 is 11.3 Å². The molecule has 1 aliphatic rings. The van der Waals surface area contributed by atoms with Crippen molar-refractivity contribution < 1.29 is 4.74 Å². The van der Waals surface area contributed by atoms with Gasteiger partial charge in [-0.1, -0.05) is 12.1 Å². The summed E-state index contributed by atoms with van der Waals surface area (Å²) in [4.78, 5) is 0. The Morgan fingerprint density at radius 1 is 1.30 bits per heavy atom. The van der Waals surface area contributed by atoms with Gasteiger partial charge >= 0.3 is 0 Å². The van der Waals surface area contributed by atoms with E-state index in [1.807, 2.05) is 19.1 Å². The molecule has 0 radical (unpaired) electrons. The van der Waals surface area contributed by atoms with Crippen LogP contribution in [-0.4, -0.2) is 17.3 Å². The number of benzene rings is 1. The minimum absolute atomic E-state index is 0.408. The van der Waals surface area contributed by atoms with Gasteiger partial charge in [-0.15, -0.1) is 21.5 Å². The zero-order chi connectivity index (χ0) is 13.9. The van der Waals surface area contributed by atoms with Crippen molar-refractivity contribution in [1.29, 1.82) is 0 Å². The van der Waals surface area contributed by atoms with E-state index in [-0.39, 0.29) is 0 Å². The zero-order valence-corrected chi connectivity index (χ0v) is 12.6. The van der Waals surface area contributed by atoms with Crippen molar-refractivity contribution in [3.8, 4) is 5.75 Å². The van der Waals surface area contributed by atoms with Gasteiger partial charge in [0.05, 0.1) is 13.7 Å². The van der Waals surface area contributed by atoms with Crippen molar-refractivity contribution in [3.63, 3.8) is 0 Å². The van der Waals surface area contributed by atoms with E-state index in [2.05, 4.69) is 27.6 Å². The third kappa shape index (κ3) is 3.16. The molecule has 0 saturated heterocycles. The number of hydrogen-bond acceptors (Lipinski definition) is 5. The number of methoxy groups -OCH3 is 1. The van der Waals surface area contributed by atoms with Gasteiger partial charge in [-0.2, -0.15) is 0 Å². The highest BCUT2D eigenvalue weighted by molar-refractivity contribution is 7.11. The summed E-state index contributed by atoms with van der Waals surface area (Å²) >= 11 is 1.66. The summed E-state index contributed by atoms with van der Waals surface area (Å²) in [5.41, 5.74) is 1.33. The lowest BCUT2D eigenvalue weighted by molar-refractivity contribution is 0.413. The normalized spacial score (nSPS) is 16.1. The van der Waals surface area contributed by atoms with E-state index < -0.39 is 0 Å². The first-order valence-corrected chi connectivity index (χ1v) is 7.74. The molecule has 2 aromatic rings. The number of rotatable bonds is 6. The van der Waals surface area contributed by atoms with Gasteiger partial charge in [0.15, 0.2) is 0 Å². The van der Waals surface area contributed by atoms with E-state index in [1.165, 1.54) is 18.4 Å². The van der Waals surface area contributed by atoms with Crippen LogP contribution in [0, 0.1) is 12.8 Å². The van der Waals surface area contributed by atoms with E-state index in [9.17, 15) is 0 Å². The lowest BCUT2D eigenvalue weighted by Crippen LogP contribution is -2.22. The summed E-state index contributed by atoms with van der Waals surface area (Å²) in [7, 11) is 1.70. The summed E-state index contributed by atoms with van der Waals surface area (Å²) in [6.45, 7) is 2.78. The Morgan fingerprint density at radius 3 is 2.60 bits per heavy atom. The molecule has 0 aliphatic heterocycles. The van der Waals surface area contributed by atoms with Crippen LogP contribution in [0.25, 0.3) is 0 Å². The number of aryl methyl sites for hydroxylation is 1. The van der Waals surface area contributed by atoms with E-state index in [4.69, 9.17) is 4.74 Å². The molecule has 20 heavy (non-hydrogen) atoms. The summed E-state index contributed by atoms with van der Waals surface area (Å²) in [6, 6.07) is 8.77. The molecule has 0 bridgehead atoms. The molecule has 3 rings (SSSR count). The molecule has 1 fully saturated rings. The van der Waals surface area contributed by atoms with Crippen LogP contribution in [0.1, 0.15) is 34.5 Å². The smallest absolute Gasteiger partial charge is 0.131 e. The standard InChI is InChI=1S/C15H19N3OS/c1-10-17-18-14(20-10)9-16-15(11-3-4-11)12-5-7-13(19-2)8-6-12/h5-8,11,15-16H,3-4,9H2,1-2H3. The van der Waals surface area contributed by atoms with Crippen LogP contribution in [0.4, 0.5) is 0 Å². The number of hydrogen-bond donors (Lipinski definition) is 1. The van der Waals surface area contributed by atoms with Gasteiger partial charge < -0.3 is 10.1 Å². The third-order valence-electron chi connectivity index (χ3n) is 3.61. The molecule has 1 heterocycles. The maximum Gasteiger partial charge on any atom is 0.131 e. The lowest BCUT2D eigenvalue weighted by atomic mass is 10.0. The van der Waals surface area contributed by atoms with Gasteiger partial charge in [-0.3, -0.25) is 0 Å². The van der Waals surface area contributed by atoms with E-state index in [0.717, 1.165) is 28.2 Å². The van der Waals surface area contributed by atoms with Gasteiger partial charge in [-0.25, -0.2) is 0 Å². The van der Waals surface area contributed by atoms with E-state index in [1.54, 1.807) is 18.4 Å². The number of nitrogens with one attached hydrogen (secondary N) is 1. The third-order valence-corrected chi connectivity index (χ3v) is 4.45. The minimum atomic E-state index is 0.408. The molecule has 5 heteroatoms. The highest BCUT2D eigenvalue weighted by atomic mass is 32.1. The van der Waals surface area contributed by atoms with E-state index in [0.29, 0.717) is 6.04 Å². The molecular formula is C15H19N3OS. The molecule has 1 unspecified atom stereocenters. The molecule has 0 spiro atoms. The van der Waals surface area contributed by atoms with Crippen LogP contribution >= 0.6 is 11.3 Å². The summed E-state index contributed by atoms with van der Waals surface area (Å²) in [6.07, 6.45) is 2.61. The van der Waals surface area contributed by atoms with Crippen LogP contribution in [0.5, 0.6) is 5.75 Å². The first-order valence-electron chi connectivity index (χ1n) is 6.92. The van der Waals surface area contributed by atoms with Crippen LogP contribution in [0.3, 0.4) is 0 Å². The average molecular weight is 289 g/mol. The van der Waals surface area contributed by atoms with Crippen molar-refractivity contribution in [1.82, 2.24) is 15.5 Å². The molecule has 1 aliphatic carbocycles. The molecular weight excluding hydrogens is 270 g/mol. The summed E-state index contributed by atoms with van der Waals surface area (Å²) < 4.78 is 5.22. The highest BCUT2D eigenvalue weighted by Gasteiger charge is 2.32. The Morgan fingerprint density at radius 2 is 2.05 bits per heavy atom. The maximum absolute atomic E-state index is 5.22. The first kappa shape index (κ1) is 13.5. The Balaban J connectivity index is 1.68. The monoisotopic (exact) mass is 289 g/mol. The number of nitrogens with zero attached hydrogens (tertiary/aromatic N) is 2. The molecule has 1 N–H and O–H groups in total. The van der Waals surface area contributed by atoms with Crippen LogP contribution in [0.2, 0.25) is 0 Å². The second kappa shape index (κ2) is 5.89. The molecule has 1 atom stereocenters. The SMILES string of the molecule is COc1ccc(C(NCc2nnc(C)s2)C2CC2)cc1. The molecule has 1 aromatic heterocycles. The zero-order valence-electron chi connectivity index (χ0n) is 11.8. The predicted octanol–water partition coefficient (Wildman–Crippen LogP) is 3.10. The Hall–Kier alpha value is -1.46. The fourth-order valence-corrected chi connectivity index (χ4v) is 3.06. The molecule has 1 aromatic carbocycles. The Bertz CT molecular complexity index is 563. The van der Waals surface area contributed by atoms with Gasteiger partial charge in [-0.05, 0) is 43.4 Å². The Labute approximate surface area is 123 Å². The quantitative estimate of drug-likeness (QED) is 0.887. The maximum atomic E-state index is 5.22. The fourth-order valence-electron chi connectivity index (χ4n) is 2.40. The van der Waals surface area contributed by atoms with Gasteiger partial charge in [0.1, 0.15) is 15.8 Å². The average Bonchev–Trinajstić information content (AvgIpc) is 3.22. The van der Waals surface area contributed by atoms with Crippen LogP contribution in [0.15, 0.2) is 24.3 Å². The number of ether oxygens (including phenoxy) is 1. The summed E-state index contributed by atoms with van der Waals surface area (Å²) in [5, 5.41) is 13.9. The highest BCUT2D eigenvalue weighted by Crippen LogP contribution is 2.41. The second-order valence-corrected chi connectivity index (χ2v) is 6.45. The van der Waals surface area contributed by atoms with Gasteiger partial charge in [0.25, 0.3) is 0 Å². The molecule has 0 amide bonds. The Kier molecular flexibility index (Phi) is 3.98. The number of aromatic nitrogens is 2. The van der Waals surface area contributed by atoms with E-state index >= 15 is 0 Å². The largest absolute Gasteiger partial charge is 0.497 e. The topological polar surface area (TPSA) is 47.0 Å². The minimum Gasteiger partial charge on any atom is -0.497 e. The van der Waals surface area contributed by atoms with Crippen LogP contribution < -0.4 is 10.1 Å². The predicted molar refractivity (Wildman–Crippen MR) is 79.9 cm³/mol. The van der Waals surface area contributed by atoms with Crippen molar-refractivity contribution in [3.05, 3.63) is 39.8 Å². The van der Waals surface area contributed by atoms with Gasteiger partial charge in [0.2, 0.25) is 0 Å². The molecule has 4 nitrogen and oxygen atoms in total. The van der Waals surface area contributed by atoms with Crippen LogP contribution in [-0.2, 0) is 6.54 Å². The molecule has 1 saturated carbocycles. The van der Waals surface area contributed by atoms with Crippen molar-refractivity contribution in [2.75, 3.05) is 7.11 Å². The second-order valence-electron chi connectivity index (χ2n) is 5.18. The van der Waals surface area contributed by atoms with Crippen molar-refractivity contribution in [2.45, 2.75) is 32.4 Å². The molecule has 106 valence electrons. The first-order chi connectivity index (χ1) is 9.76. The lowest BCUT2D eigenvalue weighted by Gasteiger charge is -2.18. The summed E-state index contributed by atoms with van der Waals surface area (Å²) in [5.74, 6) is 1.65. The van der Waals surface area contributed by atoms with Gasteiger partial charge in [0, 0.05) is 6.04 Å². The van der Waals surface area contributed by atoms with Crippen molar-refractivity contribution in [2.24, 2.45) is 5.92 Å².